The van der Waals surface area contributed by atoms with Crippen LogP contribution in [0.4, 0.5) is 0 Å². The molecule has 0 saturated heterocycles. The highest BCUT2D eigenvalue weighted by Crippen LogP contribution is 2.28. The largest absolute Gasteiger partial charge is 0.334 e. The Balaban J connectivity index is 2.21. The first kappa shape index (κ1) is 18.0. The molecule has 0 heterocycles. The van der Waals surface area contributed by atoms with E-state index in [1.54, 1.807) is 0 Å². The second-order valence-electron chi connectivity index (χ2n) is 5.77. The van der Waals surface area contributed by atoms with Crippen LogP contribution in [0.2, 0.25) is 0 Å². The molecule has 1 aromatic rings. The molecule has 126 valence electrons. The number of rotatable bonds is 5. The van der Waals surface area contributed by atoms with Gasteiger partial charge in [0.2, 0.25) is 10.0 Å². The van der Waals surface area contributed by atoms with Crippen LogP contribution < -0.4 is 10.0 Å². The number of hydrogen-bond donors (Lipinski definition) is 2. The van der Waals surface area contributed by atoms with Crippen LogP contribution in [0, 0.1) is 23.7 Å². The summed E-state index contributed by atoms with van der Waals surface area (Å²) < 4.78 is 26.4. The number of nitriles is 1. The summed E-state index contributed by atoms with van der Waals surface area (Å²) in [5.74, 6) is 1.74. The van der Waals surface area contributed by atoms with E-state index in [0.29, 0.717) is 12.8 Å². The molecule has 1 aliphatic rings. The van der Waals surface area contributed by atoms with Crippen LogP contribution in [0.5, 0.6) is 0 Å². The monoisotopic (exact) mass is 345 g/mol. The molecule has 1 amide bonds. The van der Waals surface area contributed by atoms with E-state index in [1.165, 1.54) is 24.3 Å². The number of nitrogens with zero attached hydrogens (tertiary/aromatic N) is 1. The van der Waals surface area contributed by atoms with Crippen LogP contribution >= 0.6 is 0 Å². The van der Waals surface area contributed by atoms with Crippen molar-refractivity contribution < 1.29 is 13.2 Å². The Hall–Kier alpha value is -2.35. The fraction of sp³-hybridized carbons (Fsp3) is 0.412. The molecule has 1 fully saturated rings. The number of carbonyl (C=O) groups excluding carboxylic acids is 1. The number of amides is 1. The minimum Gasteiger partial charge on any atom is -0.334 e. The summed E-state index contributed by atoms with van der Waals surface area (Å²) in [5.41, 5.74) is -0.676. The van der Waals surface area contributed by atoms with Gasteiger partial charge in [-0.15, -0.1) is 6.42 Å². The molecule has 7 heteroatoms. The zero-order chi connectivity index (χ0) is 17.6. The van der Waals surface area contributed by atoms with Gasteiger partial charge in [-0.25, -0.2) is 8.42 Å². The summed E-state index contributed by atoms with van der Waals surface area (Å²) in [5, 5.41) is 12.2. The molecular formula is C17H19N3O3S. The molecule has 2 rings (SSSR count). The van der Waals surface area contributed by atoms with Crippen molar-refractivity contribution in [1.82, 2.24) is 10.0 Å². The SMILES string of the molecule is C#CCNS(=O)(=O)c1cccc(C(=O)NC2(C#N)CCCCC2)c1. The maximum Gasteiger partial charge on any atom is 0.252 e. The average Bonchev–Trinajstić information content (AvgIpc) is 2.61. The summed E-state index contributed by atoms with van der Waals surface area (Å²) in [4.78, 5) is 12.4. The molecule has 0 atom stereocenters. The van der Waals surface area contributed by atoms with Gasteiger partial charge in [0.15, 0.2) is 0 Å². The fourth-order valence-electron chi connectivity index (χ4n) is 2.73. The van der Waals surface area contributed by atoms with Crippen LogP contribution in [-0.2, 0) is 10.0 Å². The van der Waals surface area contributed by atoms with Gasteiger partial charge >= 0.3 is 0 Å². The van der Waals surface area contributed by atoms with Crippen molar-refractivity contribution in [3.05, 3.63) is 29.8 Å². The van der Waals surface area contributed by atoms with Crippen molar-refractivity contribution in [2.75, 3.05) is 6.54 Å². The van der Waals surface area contributed by atoms with Gasteiger partial charge in [0.05, 0.1) is 17.5 Å². The highest BCUT2D eigenvalue weighted by Gasteiger charge is 2.34. The van der Waals surface area contributed by atoms with Crippen LogP contribution in [0.25, 0.3) is 0 Å². The van der Waals surface area contributed by atoms with Crippen molar-refractivity contribution in [3.8, 4) is 18.4 Å². The number of benzene rings is 1. The molecule has 0 aromatic heterocycles. The van der Waals surface area contributed by atoms with E-state index >= 15 is 0 Å². The Kier molecular flexibility index (Phi) is 5.61. The number of carbonyl (C=O) groups is 1. The third-order valence-corrected chi connectivity index (χ3v) is 5.44. The maximum absolute atomic E-state index is 12.5. The van der Waals surface area contributed by atoms with Gasteiger partial charge in [-0.3, -0.25) is 4.79 Å². The Morgan fingerprint density at radius 3 is 2.62 bits per heavy atom. The smallest absolute Gasteiger partial charge is 0.252 e. The van der Waals surface area contributed by atoms with Crippen LogP contribution in [0.15, 0.2) is 29.2 Å². The van der Waals surface area contributed by atoms with Crippen LogP contribution in [0.3, 0.4) is 0 Å². The van der Waals surface area contributed by atoms with Gasteiger partial charge in [0.1, 0.15) is 5.54 Å². The van der Waals surface area contributed by atoms with E-state index in [0.717, 1.165) is 19.3 Å². The maximum atomic E-state index is 12.5. The predicted molar refractivity (Wildman–Crippen MR) is 89.4 cm³/mol. The average molecular weight is 345 g/mol. The third-order valence-electron chi connectivity index (χ3n) is 4.04. The lowest BCUT2D eigenvalue weighted by Crippen LogP contribution is -2.48. The zero-order valence-electron chi connectivity index (χ0n) is 13.2. The standard InChI is InChI=1S/C17H19N3O3S/c1-2-11-19-24(22,23)15-8-6-7-14(12-15)16(21)20-17(13-18)9-4-3-5-10-17/h1,6-8,12,19H,3-5,9-11H2,(H,20,21). The van der Waals surface area contributed by atoms with Gasteiger partial charge in [-0.1, -0.05) is 31.2 Å². The number of terminal acetylenes is 1. The lowest BCUT2D eigenvalue weighted by Gasteiger charge is -2.31. The summed E-state index contributed by atoms with van der Waals surface area (Å²) in [6.45, 7) is -0.129. The van der Waals surface area contributed by atoms with Gasteiger partial charge in [0.25, 0.3) is 5.91 Å². The van der Waals surface area contributed by atoms with E-state index in [9.17, 15) is 18.5 Å². The Labute approximate surface area is 142 Å². The molecule has 2 N–H and O–H groups in total. The Morgan fingerprint density at radius 1 is 1.29 bits per heavy atom. The first-order chi connectivity index (χ1) is 11.4. The third kappa shape index (κ3) is 4.14. The van der Waals surface area contributed by atoms with Crippen molar-refractivity contribution >= 4 is 15.9 Å². The van der Waals surface area contributed by atoms with E-state index < -0.39 is 21.5 Å². The molecular weight excluding hydrogens is 326 g/mol. The minimum atomic E-state index is -3.77. The lowest BCUT2D eigenvalue weighted by atomic mass is 9.82. The molecule has 1 saturated carbocycles. The van der Waals surface area contributed by atoms with E-state index in [4.69, 9.17) is 6.42 Å². The molecule has 0 spiro atoms. The summed E-state index contributed by atoms with van der Waals surface area (Å²) in [6.07, 6.45) is 9.09. The van der Waals surface area contributed by atoms with Crippen molar-refractivity contribution in [1.29, 1.82) is 5.26 Å². The van der Waals surface area contributed by atoms with E-state index in [-0.39, 0.29) is 17.0 Å². The normalized spacial score (nSPS) is 16.6. The number of nitrogens with one attached hydrogen (secondary N) is 2. The zero-order valence-corrected chi connectivity index (χ0v) is 14.0. The lowest BCUT2D eigenvalue weighted by molar-refractivity contribution is 0.0902. The molecule has 1 aliphatic carbocycles. The number of sulfonamides is 1. The summed E-state index contributed by atoms with van der Waals surface area (Å²) in [7, 11) is -3.77. The Morgan fingerprint density at radius 2 is 2.00 bits per heavy atom. The van der Waals surface area contributed by atoms with Gasteiger partial charge < -0.3 is 5.32 Å². The van der Waals surface area contributed by atoms with Gasteiger partial charge in [0, 0.05) is 5.56 Å². The van der Waals surface area contributed by atoms with Crippen molar-refractivity contribution in [2.45, 2.75) is 42.5 Å². The first-order valence-corrected chi connectivity index (χ1v) is 9.18. The topological polar surface area (TPSA) is 99.1 Å². The molecule has 24 heavy (non-hydrogen) atoms. The second-order valence-corrected chi connectivity index (χ2v) is 7.53. The molecule has 0 radical (unpaired) electrons. The molecule has 0 unspecified atom stereocenters. The number of hydrogen-bond acceptors (Lipinski definition) is 4. The summed E-state index contributed by atoms with van der Waals surface area (Å²) in [6, 6.07) is 7.87. The molecule has 1 aromatic carbocycles. The van der Waals surface area contributed by atoms with Crippen molar-refractivity contribution in [3.63, 3.8) is 0 Å². The highest BCUT2D eigenvalue weighted by atomic mass is 32.2. The minimum absolute atomic E-state index is 0.0416. The molecule has 6 nitrogen and oxygen atoms in total. The quantitative estimate of drug-likeness (QED) is 0.791. The van der Waals surface area contributed by atoms with Crippen molar-refractivity contribution in [2.24, 2.45) is 0 Å². The highest BCUT2D eigenvalue weighted by molar-refractivity contribution is 7.89. The molecule has 0 bridgehead atoms. The Bertz CT molecular complexity index is 797. The van der Waals surface area contributed by atoms with E-state index in [1.807, 2.05) is 0 Å². The van der Waals surface area contributed by atoms with E-state index in [2.05, 4.69) is 22.0 Å². The van der Waals surface area contributed by atoms with Gasteiger partial charge in [-0.2, -0.15) is 9.98 Å². The van der Waals surface area contributed by atoms with Crippen LogP contribution in [-0.4, -0.2) is 26.4 Å². The first-order valence-electron chi connectivity index (χ1n) is 7.69. The molecule has 0 aliphatic heterocycles. The summed E-state index contributed by atoms with van der Waals surface area (Å²) >= 11 is 0. The fourth-order valence-corrected chi connectivity index (χ4v) is 3.71. The second kappa shape index (κ2) is 7.48. The van der Waals surface area contributed by atoms with Crippen LogP contribution in [0.1, 0.15) is 42.5 Å². The van der Waals surface area contributed by atoms with Gasteiger partial charge in [-0.05, 0) is 31.0 Å². The predicted octanol–water partition coefficient (Wildman–Crippen LogP) is 1.55.